The molecule has 8 heteroatoms. The first-order chi connectivity index (χ1) is 15.9. The molecule has 0 N–H and O–H groups in total. The van der Waals surface area contributed by atoms with Crippen LogP contribution in [0.1, 0.15) is 36.8 Å². The number of nitrogens with zero attached hydrogens (tertiary/aromatic N) is 1. The summed E-state index contributed by atoms with van der Waals surface area (Å²) in [6.07, 6.45) is 3.62. The standard InChI is InChI=1S/C25H31NO4S3/c1-20-8-10-24(11-9-20)33(28,29)26-22(12-13-27)16-25(31-14-5-15-32-25)17-23(26)19-30-18-21-6-3-2-4-7-21/h2-4,6-11,13,22-23H,5,12,14-19H2,1H3/t22-,23-/m1/s1. The third kappa shape index (κ3) is 5.85. The van der Waals surface area contributed by atoms with E-state index in [2.05, 4.69) is 0 Å². The number of ether oxygens (including phenoxy) is 1. The number of aldehydes is 1. The van der Waals surface area contributed by atoms with Gasteiger partial charge in [-0.2, -0.15) is 4.31 Å². The molecule has 2 aromatic carbocycles. The third-order valence-corrected chi connectivity index (χ3v) is 11.6. The van der Waals surface area contributed by atoms with Crippen molar-refractivity contribution in [1.82, 2.24) is 4.31 Å². The number of carbonyl (C=O) groups excluding carboxylic acids is 1. The Labute approximate surface area is 205 Å². The second-order valence-electron chi connectivity index (χ2n) is 8.73. The van der Waals surface area contributed by atoms with Crippen molar-refractivity contribution in [2.45, 2.75) is 60.3 Å². The number of thioether (sulfide) groups is 2. The van der Waals surface area contributed by atoms with Gasteiger partial charge < -0.3 is 9.53 Å². The maximum Gasteiger partial charge on any atom is 0.243 e. The number of aryl methyl sites for hydroxylation is 1. The summed E-state index contributed by atoms with van der Waals surface area (Å²) in [5.41, 5.74) is 2.07. The lowest BCUT2D eigenvalue weighted by molar-refractivity contribution is -0.109. The quantitative estimate of drug-likeness (QED) is 0.476. The van der Waals surface area contributed by atoms with Gasteiger partial charge in [0.15, 0.2) is 0 Å². The van der Waals surface area contributed by atoms with Gasteiger partial charge in [0.1, 0.15) is 6.29 Å². The Kier molecular flexibility index (Phi) is 8.23. The van der Waals surface area contributed by atoms with E-state index < -0.39 is 10.0 Å². The fourth-order valence-electron chi connectivity index (χ4n) is 4.67. The predicted molar refractivity (Wildman–Crippen MR) is 136 cm³/mol. The summed E-state index contributed by atoms with van der Waals surface area (Å²) in [6, 6.07) is 16.2. The van der Waals surface area contributed by atoms with Gasteiger partial charge in [0, 0.05) is 12.5 Å². The summed E-state index contributed by atoms with van der Waals surface area (Å²) in [5, 5.41) is 0. The molecule has 0 unspecified atom stereocenters. The fourth-order valence-corrected chi connectivity index (χ4v) is 10.1. The fraction of sp³-hybridized carbons (Fsp3) is 0.480. The lowest BCUT2D eigenvalue weighted by atomic mass is 9.96. The van der Waals surface area contributed by atoms with E-state index in [1.807, 2.05) is 72.9 Å². The van der Waals surface area contributed by atoms with Crippen molar-refractivity contribution < 1.29 is 17.9 Å². The van der Waals surface area contributed by atoms with E-state index in [1.54, 1.807) is 16.4 Å². The van der Waals surface area contributed by atoms with Gasteiger partial charge in [0.25, 0.3) is 0 Å². The van der Waals surface area contributed by atoms with Crippen LogP contribution in [-0.4, -0.2) is 53.3 Å². The number of rotatable bonds is 8. The summed E-state index contributed by atoms with van der Waals surface area (Å²) in [6.45, 7) is 2.67. The van der Waals surface area contributed by atoms with E-state index in [4.69, 9.17) is 4.74 Å². The molecule has 4 rings (SSSR count). The Hall–Kier alpha value is -1.32. The van der Waals surface area contributed by atoms with E-state index in [9.17, 15) is 13.2 Å². The number of carbonyl (C=O) groups is 1. The zero-order valence-electron chi connectivity index (χ0n) is 18.9. The van der Waals surface area contributed by atoms with Crippen LogP contribution >= 0.6 is 23.5 Å². The molecule has 0 saturated carbocycles. The molecule has 0 aliphatic carbocycles. The zero-order valence-corrected chi connectivity index (χ0v) is 21.3. The average molecular weight is 506 g/mol. The van der Waals surface area contributed by atoms with Gasteiger partial charge in [0.05, 0.1) is 28.2 Å². The minimum absolute atomic E-state index is 0.0635. The van der Waals surface area contributed by atoms with Crippen LogP contribution in [0.2, 0.25) is 0 Å². The van der Waals surface area contributed by atoms with Gasteiger partial charge in [-0.1, -0.05) is 48.0 Å². The Bertz CT molecular complexity index is 1020. The van der Waals surface area contributed by atoms with Gasteiger partial charge in [-0.3, -0.25) is 0 Å². The molecule has 2 aromatic rings. The Morgan fingerprint density at radius 3 is 2.36 bits per heavy atom. The van der Waals surface area contributed by atoms with Gasteiger partial charge in [0.2, 0.25) is 10.0 Å². The number of sulfonamides is 1. The molecule has 0 aromatic heterocycles. The summed E-state index contributed by atoms with van der Waals surface area (Å²) in [4.78, 5) is 11.9. The van der Waals surface area contributed by atoms with Crippen molar-refractivity contribution in [2.24, 2.45) is 0 Å². The molecule has 5 nitrogen and oxygen atoms in total. The van der Waals surface area contributed by atoms with Crippen LogP contribution in [0.5, 0.6) is 0 Å². The van der Waals surface area contributed by atoms with Gasteiger partial charge in [-0.05, 0) is 55.4 Å². The van der Waals surface area contributed by atoms with Crippen molar-refractivity contribution in [1.29, 1.82) is 0 Å². The highest BCUT2D eigenvalue weighted by molar-refractivity contribution is 8.18. The smallest absolute Gasteiger partial charge is 0.243 e. The molecule has 2 atom stereocenters. The SMILES string of the molecule is Cc1ccc(S(=O)(=O)N2[C@H](CC=O)CC3(C[C@@H]2COCc2ccccc2)SCCCS3)cc1. The summed E-state index contributed by atoms with van der Waals surface area (Å²) < 4.78 is 35.3. The van der Waals surface area contributed by atoms with Gasteiger partial charge in [-0.15, -0.1) is 23.5 Å². The van der Waals surface area contributed by atoms with Crippen LogP contribution in [0, 0.1) is 6.92 Å². The third-order valence-electron chi connectivity index (χ3n) is 6.22. The predicted octanol–water partition coefficient (Wildman–Crippen LogP) is 4.89. The van der Waals surface area contributed by atoms with Crippen LogP contribution < -0.4 is 0 Å². The van der Waals surface area contributed by atoms with E-state index in [0.29, 0.717) is 19.6 Å². The van der Waals surface area contributed by atoms with E-state index in [1.165, 1.54) is 0 Å². The van der Waals surface area contributed by atoms with Crippen LogP contribution in [0.15, 0.2) is 59.5 Å². The van der Waals surface area contributed by atoms with E-state index in [-0.39, 0.29) is 27.5 Å². The molecular weight excluding hydrogens is 474 g/mol. The molecular formula is C25H31NO4S3. The Morgan fingerprint density at radius 2 is 1.70 bits per heavy atom. The summed E-state index contributed by atoms with van der Waals surface area (Å²) >= 11 is 3.86. The summed E-state index contributed by atoms with van der Waals surface area (Å²) in [5.74, 6) is 2.15. The number of hydrogen-bond acceptors (Lipinski definition) is 6. The van der Waals surface area contributed by atoms with Gasteiger partial charge >= 0.3 is 0 Å². The number of piperidine rings is 1. The van der Waals surface area contributed by atoms with Crippen molar-refractivity contribution in [3.8, 4) is 0 Å². The first kappa shape index (κ1) is 24.8. The molecule has 2 heterocycles. The van der Waals surface area contributed by atoms with Crippen molar-refractivity contribution in [3.05, 3.63) is 65.7 Å². The minimum atomic E-state index is -3.77. The van der Waals surface area contributed by atoms with Crippen LogP contribution in [0.25, 0.3) is 0 Å². The van der Waals surface area contributed by atoms with Crippen LogP contribution in [0.3, 0.4) is 0 Å². The monoisotopic (exact) mass is 505 g/mol. The minimum Gasteiger partial charge on any atom is -0.375 e. The Morgan fingerprint density at radius 1 is 1.03 bits per heavy atom. The molecule has 33 heavy (non-hydrogen) atoms. The summed E-state index contributed by atoms with van der Waals surface area (Å²) in [7, 11) is -3.77. The van der Waals surface area contributed by atoms with Crippen molar-refractivity contribution in [3.63, 3.8) is 0 Å². The largest absolute Gasteiger partial charge is 0.375 e. The first-order valence-electron chi connectivity index (χ1n) is 11.4. The second-order valence-corrected chi connectivity index (χ2v) is 13.8. The highest BCUT2D eigenvalue weighted by Gasteiger charge is 2.50. The van der Waals surface area contributed by atoms with Crippen LogP contribution in [0.4, 0.5) is 0 Å². The van der Waals surface area contributed by atoms with Crippen molar-refractivity contribution in [2.75, 3.05) is 18.1 Å². The lowest BCUT2D eigenvalue weighted by Crippen LogP contribution is -2.58. The normalized spacial score (nSPS) is 23.4. The first-order valence-corrected chi connectivity index (χ1v) is 14.8. The molecule has 178 valence electrons. The average Bonchev–Trinajstić information content (AvgIpc) is 2.80. The molecule has 0 bridgehead atoms. The molecule has 2 aliphatic rings. The highest BCUT2D eigenvalue weighted by Crippen LogP contribution is 2.53. The molecule has 0 amide bonds. The molecule has 2 saturated heterocycles. The maximum atomic E-state index is 13.8. The Balaban J connectivity index is 1.64. The molecule has 0 radical (unpaired) electrons. The lowest BCUT2D eigenvalue weighted by Gasteiger charge is -2.50. The van der Waals surface area contributed by atoms with E-state index >= 15 is 0 Å². The molecule has 2 aliphatic heterocycles. The van der Waals surface area contributed by atoms with E-state index in [0.717, 1.165) is 41.8 Å². The zero-order chi connectivity index (χ0) is 23.3. The maximum absolute atomic E-state index is 13.8. The second kappa shape index (κ2) is 11.0. The highest BCUT2D eigenvalue weighted by atomic mass is 32.2. The number of hydrogen-bond donors (Lipinski definition) is 0. The molecule has 1 spiro atoms. The number of benzene rings is 2. The topological polar surface area (TPSA) is 63.7 Å². The van der Waals surface area contributed by atoms with Crippen molar-refractivity contribution >= 4 is 39.8 Å². The van der Waals surface area contributed by atoms with Crippen LogP contribution in [-0.2, 0) is 26.2 Å². The molecule has 2 fully saturated rings. The van der Waals surface area contributed by atoms with Gasteiger partial charge in [-0.25, -0.2) is 8.42 Å².